The minimum atomic E-state index is -3.39. The minimum Gasteiger partial charge on any atom is -0.392 e. The first-order chi connectivity index (χ1) is 8.45. The molecule has 3 aliphatic carbocycles. The van der Waals surface area contributed by atoms with Gasteiger partial charge in [-0.2, -0.15) is 0 Å². The van der Waals surface area contributed by atoms with Gasteiger partial charge in [0.15, 0.2) is 0 Å². The van der Waals surface area contributed by atoms with E-state index in [9.17, 15) is 8.42 Å². The molecule has 2 bridgehead atoms. The van der Waals surface area contributed by atoms with Gasteiger partial charge in [0.1, 0.15) is 5.25 Å². The van der Waals surface area contributed by atoms with Gasteiger partial charge < -0.3 is 5.73 Å². The zero-order valence-electron chi connectivity index (χ0n) is 10.5. The van der Waals surface area contributed by atoms with Crippen LogP contribution in [0.5, 0.6) is 0 Å². The molecule has 0 saturated heterocycles. The maximum atomic E-state index is 12.2. The Labute approximate surface area is 114 Å². The van der Waals surface area contributed by atoms with Crippen LogP contribution in [0.25, 0.3) is 0 Å². The smallest absolute Gasteiger partial charge is 0.221 e. The Kier molecular flexibility index (Phi) is 2.95. The largest absolute Gasteiger partial charge is 0.392 e. The molecule has 102 valence electrons. The Morgan fingerprint density at radius 2 is 1.94 bits per heavy atom. The second kappa shape index (κ2) is 4.15. The third-order valence-electron chi connectivity index (χ3n) is 5.10. The van der Waals surface area contributed by atoms with Crippen LogP contribution >= 0.6 is 12.2 Å². The lowest BCUT2D eigenvalue weighted by atomic mass is 10.0. The zero-order chi connectivity index (χ0) is 13.1. The molecule has 0 radical (unpaired) electrons. The summed E-state index contributed by atoms with van der Waals surface area (Å²) in [7, 11) is -3.39. The van der Waals surface area contributed by atoms with Gasteiger partial charge in [-0.25, -0.2) is 13.1 Å². The molecule has 3 rings (SSSR count). The molecule has 4 nitrogen and oxygen atoms in total. The summed E-state index contributed by atoms with van der Waals surface area (Å²) in [6.07, 6.45) is 4.34. The van der Waals surface area contributed by atoms with E-state index in [1.807, 2.05) is 0 Å². The third-order valence-corrected chi connectivity index (χ3v) is 7.47. The van der Waals surface area contributed by atoms with Crippen LogP contribution in [-0.4, -0.2) is 24.7 Å². The van der Waals surface area contributed by atoms with Crippen molar-refractivity contribution >= 4 is 27.2 Å². The molecule has 5 atom stereocenters. The van der Waals surface area contributed by atoms with E-state index in [2.05, 4.69) is 4.72 Å². The fourth-order valence-electron chi connectivity index (χ4n) is 4.33. The topological polar surface area (TPSA) is 72.2 Å². The summed E-state index contributed by atoms with van der Waals surface area (Å²) in [6.45, 7) is 1.81. The quantitative estimate of drug-likeness (QED) is 0.741. The van der Waals surface area contributed by atoms with Crippen molar-refractivity contribution in [3.63, 3.8) is 0 Å². The van der Waals surface area contributed by atoms with Crippen molar-refractivity contribution in [3.8, 4) is 0 Å². The molecule has 6 heteroatoms. The second-order valence-electron chi connectivity index (χ2n) is 5.98. The van der Waals surface area contributed by atoms with E-state index in [1.165, 1.54) is 19.3 Å². The molecule has 0 spiro atoms. The maximum Gasteiger partial charge on any atom is 0.221 e. The van der Waals surface area contributed by atoms with Crippen molar-refractivity contribution in [1.82, 2.24) is 4.72 Å². The number of fused-ring (bicyclic) bond motifs is 5. The lowest BCUT2D eigenvalue weighted by molar-refractivity contribution is 0.456. The number of nitrogens with two attached hydrogens (primary N) is 1. The molecular weight excluding hydrogens is 268 g/mol. The van der Waals surface area contributed by atoms with Crippen LogP contribution in [0, 0.1) is 23.7 Å². The summed E-state index contributed by atoms with van der Waals surface area (Å²) in [5.41, 5.74) is 5.52. The molecule has 18 heavy (non-hydrogen) atoms. The van der Waals surface area contributed by atoms with E-state index in [0.29, 0.717) is 18.3 Å². The highest BCUT2D eigenvalue weighted by Crippen LogP contribution is 2.65. The second-order valence-corrected chi connectivity index (χ2v) is 8.34. The van der Waals surface area contributed by atoms with E-state index in [-0.39, 0.29) is 11.0 Å². The number of hydrogen-bond acceptors (Lipinski definition) is 3. The minimum absolute atomic E-state index is 0.0822. The molecule has 3 fully saturated rings. The Morgan fingerprint density at radius 3 is 2.39 bits per heavy atom. The van der Waals surface area contributed by atoms with Gasteiger partial charge in [-0.05, 0) is 49.4 Å². The van der Waals surface area contributed by atoms with Crippen LogP contribution in [0.15, 0.2) is 0 Å². The molecular formula is C12H20N2O2S2. The summed E-state index contributed by atoms with van der Waals surface area (Å²) in [5.74, 6) is 2.72. The summed E-state index contributed by atoms with van der Waals surface area (Å²) in [6, 6.07) is 0.171. The Balaban J connectivity index is 1.69. The number of sulfonamides is 1. The van der Waals surface area contributed by atoms with Crippen LogP contribution in [0.2, 0.25) is 0 Å². The molecule has 0 aromatic heterocycles. The van der Waals surface area contributed by atoms with Crippen LogP contribution in [0.1, 0.15) is 32.6 Å². The monoisotopic (exact) mass is 288 g/mol. The van der Waals surface area contributed by atoms with Gasteiger partial charge in [0, 0.05) is 6.04 Å². The van der Waals surface area contributed by atoms with Gasteiger partial charge in [0.2, 0.25) is 10.0 Å². The molecule has 0 heterocycles. The van der Waals surface area contributed by atoms with Crippen molar-refractivity contribution in [1.29, 1.82) is 0 Å². The predicted octanol–water partition coefficient (Wildman–Crippen LogP) is 1.01. The van der Waals surface area contributed by atoms with Crippen molar-refractivity contribution in [2.24, 2.45) is 29.4 Å². The first-order valence-electron chi connectivity index (χ1n) is 6.76. The average molecular weight is 288 g/mol. The number of nitrogens with one attached hydrogen (secondary N) is 1. The van der Waals surface area contributed by atoms with Crippen molar-refractivity contribution in [2.75, 3.05) is 0 Å². The van der Waals surface area contributed by atoms with Gasteiger partial charge in [-0.15, -0.1) is 0 Å². The highest BCUT2D eigenvalue weighted by molar-refractivity contribution is 7.93. The molecule has 3 N–H and O–H groups in total. The van der Waals surface area contributed by atoms with Gasteiger partial charge in [-0.3, -0.25) is 0 Å². The molecule has 3 aliphatic rings. The van der Waals surface area contributed by atoms with Gasteiger partial charge in [-0.1, -0.05) is 19.1 Å². The molecule has 5 unspecified atom stereocenters. The Bertz CT molecular complexity index is 460. The number of rotatable bonds is 5. The standard InChI is InChI=1S/C12H20N2O2S2/c1-2-8(12(13)17)18(15,16)14-11-9-6-3-4-7(5-6)10(9)11/h6-11,14H,2-5H2,1H3,(H2,13,17). The van der Waals surface area contributed by atoms with Crippen LogP contribution in [-0.2, 0) is 10.0 Å². The van der Waals surface area contributed by atoms with Gasteiger partial charge >= 0.3 is 0 Å². The van der Waals surface area contributed by atoms with E-state index in [4.69, 9.17) is 18.0 Å². The summed E-state index contributed by atoms with van der Waals surface area (Å²) in [4.78, 5) is 0.0822. The van der Waals surface area contributed by atoms with Crippen LogP contribution in [0.3, 0.4) is 0 Å². The van der Waals surface area contributed by atoms with E-state index >= 15 is 0 Å². The maximum absolute atomic E-state index is 12.2. The summed E-state index contributed by atoms with van der Waals surface area (Å²) >= 11 is 4.86. The predicted molar refractivity (Wildman–Crippen MR) is 74.5 cm³/mol. The highest BCUT2D eigenvalue weighted by Gasteiger charge is 2.65. The normalized spacial score (nSPS) is 42.6. The number of hydrogen-bond donors (Lipinski definition) is 2. The van der Waals surface area contributed by atoms with Crippen molar-refractivity contribution < 1.29 is 8.42 Å². The molecule has 0 aliphatic heterocycles. The van der Waals surface area contributed by atoms with E-state index in [1.54, 1.807) is 6.92 Å². The van der Waals surface area contributed by atoms with Gasteiger partial charge in [0.05, 0.1) is 4.99 Å². The van der Waals surface area contributed by atoms with E-state index < -0.39 is 15.3 Å². The molecule has 3 saturated carbocycles. The lowest BCUT2D eigenvalue weighted by Gasteiger charge is -2.17. The molecule has 0 aromatic carbocycles. The Hall–Kier alpha value is -0.200. The Morgan fingerprint density at radius 1 is 1.39 bits per heavy atom. The van der Waals surface area contributed by atoms with Gasteiger partial charge in [0.25, 0.3) is 0 Å². The van der Waals surface area contributed by atoms with Crippen molar-refractivity contribution in [2.45, 2.75) is 43.9 Å². The lowest BCUT2D eigenvalue weighted by Crippen LogP contribution is -2.43. The number of thiocarbonyl (C=S) groups is 1. The first-order valence-corrected chi connectivity index (χ1v) is 8.71. The molecule has 0 aromatic rings. The SMILES string of the molecule is CCC(C(N)=S)S(=O)(=O)NC1C2C3CCC(C3)C12. The van der Waals surface area contributed by atoms with Crippen molar-refractivity contribution in [3.05, 3.63) is 0 Å². The van der Waals surface area contributed by atoms with E-state index in [0.717, 1.165) is 11.8 Å². The fraction of sp³-hybridized carbons (Fsp3) is 0.917. The zero-order valence-corrected chi connectivity index (χ0v) is 12.1. The highest BCUT2D eigenvalue weighted by atomic mass is 32.2. The molecule has 0 amide bonds. The fourth-order valence-corrected chi connectivity index (χ4v) is 6.48. The average Bonchev–Trinajstić information content (AvgIpc) is 2.70. The van der Waals surface area contributed by atoms with Crippen LogP contribution in [0.4, 0.5) is 0 Å². The first kappa shape index (κ1) is 12.8. The summed E-state index contributed by atoms with van der Waals surface area (Å²) in [5, 5.41) is -0.716. The summed E-state index contributed by atoms with van der Waals surface area (Å²) < 4.78 is 27.3. The third kappa shape index (κ3) is 1.80. The van der Waals surface area contributed by atoms with Crippen LogP contribution < -0.4 is 10.5 Å².